The zero-order chi connectivity index (χ0) is 15.6. The van der Waals surface area contributed by atoms with Crippen LogP contribution in [-0.2, 0) is 9.59 Å². The minimum atomic E-state index is -1.12. The van der Waals surface area contributed by atoms with Crippen LogP contribution in [0.2, 0.25) is 0 Å². The van der Waals surface area contributed by atoms with Crippen LogP contribution in [0.5, 0.6) is 0 Å². The summed E-state index contributed by atoms with van der Waals surface area (Å²) in [6, 6.07) is 0. The molecule has 2 N–H and O–H groups in total. The van der Waals surface area contributed by atoms with Crippen LogP contribution in [0.25, 0.3) is 0 Å². The number of hydrogen-bond donors (Lipinski definition) is 2. The van der Waals surface area contributed by atoms with Gasteiger partial charge in [-0.3, -0.25) is 9.59 Å². The van der Waals surface area contributed by atoms with Gasteiger partial charge in [0.2, 0.25) is 0 Å². The molecule has 0 saturated heterocycles. The molecule has 0 heterocycles. The lowest BCUT2D eigenvalue weighted by Gasteiger charge is -2.50. The Morgan fingerprint density at radius 1 is 0.850 bits per heavy atom. The van der Waals surface area contributed by atoms with E-state index in [-0.39, 0.29) is 11.8 Å². The molecule has 20 heavy (non-hydrogen) atoms. The van der Waals surface area contributed by atoms with Crippen molar-refractivity contribution in [3.63, 3.8) is 0 Å². The zero-order valence-electron chi connectivity index (χ0n) is 13.1. The molecule has 1 aliphatic rings. The van der Waals surface area contributed by atoms with E-state index >= 15 is 0 Å². The van der Waals surface area contributed by atoms with Crippen LogP contribution < -0.4 is 0 Å². The fourth-order valence-corrected chi connectivity index (χ4v) is 4.12. The monoisotopic (exact) mass is 284 g/mol. The fourth-order valence-electron chi connectivity index (χ4n) is 4.12. The second-order valence-electron chi connectivity index (χ2n) is 7.18. The molecule has 0 bridgehead atoms. The van der Waals surface area contributed by atoms with Gasteiger partial charge in [-0.05, 0) is 37.5 Å². The van der Waals surface area contributed by atoms with Gasteiger partial charge in [0.05, 0.1) is 10.8 Å². The van der Waals surface area contributed by atoms with Gasteiger partial charge in [0.25, 0.3) is 0 Å². The summed E-state index contributed by atoms with van der Waals surface area (Å²) >= 11 is 0. The number of carbonyl (C=O) groups is 2. The lowest BCUT2D eigenvalue weighted by Crippen LogP contribution is -2.55. The number of rotatable bonds is 6. The summed E-state index contributed by atoms with van der Waals surface area (Å²) in [6.07, 6.45) is 3.49. The first-order valence-corrected chi connectivity index (χ1v) is 7.65. The normalized spacial score (nSPS) is 30.7. The van der Waals surface area contributed by atoms with Crippen LogP contribution >= 0.6 is 0 Å². The highest BCUT2D eigenvalue weighted by Gasteiger charge is 2.61. The standard InChI is InChI=1S/C16H28O4/c1-11(2)9-15(13(17)18)7-5-6-8-16(15,14(19)20)10-12(3)4/h11-12H,5-10H2,1-4H3,(H,17,18)(H,19,20). The third-order valence-electron chi connectivity index (χ3n) is 4.71. The first-order valence-electron chi connectivity index (χ1n) is 7.65. The molecule has 4 nitrogen and oxygen atoms in total. The Hall–Kier alpha value is -1.06. The predicted molar refractivity (Wildman–Crippen MR) is 77.5 cm³/mol. The largest absolute Gasteiger partial charge is 0.481 e. The Bertz CT molecular complexity index is 339. The van der Waals surface area contributed by atoms with Gasteiger partial charge in [-0.15, -0.1) is 0 Å². The van der Waals surface area contributed by atoms with Crippen molar-refractivity contribution in [3.8, 4) is 0 Å². The molecule has 0 aliphatic heterocycles. The Morgan fingerprint density at radius 2 is 1.15 bits per heavy atom. The molecule has 0 amide bonds. The third kappa shape index (κ3) is 2.84. The van der Waals surface area contributed by atoms with E-state index in [0.29, 0.717) is 25.7 Å². The number of aliphatic carboxylic acids is 2. The van der Waals surface area contributed by atoms with Gasteiger partial charge >= 0.3 is 11.9 Å². The summed E-state index contributed by atoms with van der Waals surface area (Å²) in [7, 11) is 0. The highest BCUT2D eigenvalue weighted by atomic mass is 16.4. The molecule has 1 rings (SSSR count). The average molecular weight is 284 g/mol. The zero-order valence-corrected chi connectivity index (χ0v) is 13.1. The van der Waals surface area contributed by atoms with Crippen molar-refractivity contribution in [2.24, 2.45) is 22.7 Å². The van der Waals surface area contributed by atoms with Crippen molar-refractivity contribution >= 4 is 11.9 Å². The lowest BCUT2D eigenvalue weighted by atomic mass is 9.51. The Balaban J connectivity index is 3.38. The smallest absolute Gasteiger partial charge is 0.310 e. The van der Waals surface area contributed by atoms with Gasteiger partial charge in [0, 0.05) is 0 Å². The number of carboxylic acids is 2. The van der Waals surface area contributed by atoms with E-state index < -0.39 is 22.8 Å². The van der Waals surface area contributed by atoms with Crippen molar-refractivity contribution in [3.05, 3.63) is 0 Å². The van der Waals surface area contributed by atoms with Crippen molar-refractivity contribution < 1.29 is 19.8 Å². The summed E-state index contributed by atoms with van der Waals surface area (Å²) in [4.78, 5) is 24.1. The molecule has 2 atom stereocenters. The molecule has 1 fully saturated rings. The van der Waals surface area contributed by atoms with Crippen LogP contribution in [0.15, 0.2) is 0 Å². The quantitative estimate of drug-likeness (QED) is 0.778. The van der Waals surface area contributed by atoms with Gasteiger partial charge in [-0.1, -0.05) is 40.5 Å². The van der Waals surface area contributed by atoms with E-state index in [1.165, 1.54) is 0 Å². The predicted octanol–water partition coefficient (Wildman–Crippen LogP) is 3.79. The van der Waals surface area contributed by atoms with Gasteiger partial charge in [-0.2, -0.15) is 0 Å². The number of carboxylic acid groups (broad SMARTS) is 2. The van der Waals surface area contributed by atoms with Gasteiger partial charge in [-0.25, -0.2) is 0 Å². The topological polar surface area (TPSA) is 74.6 Å². The van der Waals surface area contributed by atoms with E-state index in [1.54, 1.807) is 0 Å². The van der Waals surface area contributed by atoms with Crippen molar-refractivity contribution in [2.45, 2.75) is 66.2 Å². The Morgan fingerprint density at radius 3 is 1.35 bits per heavy atom. The van der Waals surface area contributed by atoms with Crippen molar-refractivity contribution in [1.82, 2.24) is 0 Å². The van der Waals surface area contributed by atoms with E-state index in [1.807, 2.05) is 27.7 Å². The molecule has 116 valence electrons. The van der Waals surface area contributed by atoms with Crippen molar-refractivity contribution in [2.75, 3.05) is 0 Å². The maximum absolute atomic E-state index is 12.1. The first kappa shape index (κ1) is 17.0. The van der Waals surface area contributed by atoms with Crippen LogP contribution in [-0.4, -0.2) is 22.2 Å². The highest BCUT2D eigenvalue weighted by molar-refractivity contribution is 5.87. The third-order valence-corrected chi connectivity index (χ3v) is 4.71. The summed E-state index contributed by atoms with van der Waals surface area (Å²) in [6.45, 7) is 7.89. The average Bonchev–Trinajstić information content (AvgIpc) is 2.29. The molecule has 0 aromatic rings. The summed E-state index contributed by atoms with van der Waals surface area (Å²) in [5.41, 5.74) is -2.23. The Labute approximate surface area is 121 Å². The highest BCUT2D eigenvalue weighted by Crippen LogP contribution is 2.57. The summed E-state index contributed by atoms with van der Waals surface area (Å²) < 4.78 is 0. The lowest BCUT2D eigenvalue weighted by molar-refractivity contribution is -0.184. The molecule has 0 aromatic heterocycles. The Kier molecular flexibility index (Phi) is 5.22. The second kappa shape index (κ2) is 6.15. The summed E-state index contributed by atoms with van der Waals surface area (Å²) in [5.74, 6) is -1.49. The van der Waals surface area contributed by atoms with E-state index in [0.717, 1.165) is 12.8 Å². The maximum Gasteiger partial charge on any atom is 0.310 e. The molecule has 4 heteroatoms. The summed E-state index contributed by atoms with van der Waals surface area (Å²) in [5, 5.41) is 19.7. The molecule has 1 saturated carbocycles. The van der Waals surface area contributed by atoms with Gasteiger partial charge in [0.15, 0.2) is 0 Å². The van der Waals surface area contributed by atoms with E-state index in [9.17, 15) is 19.8 Å². The minimum absolute atomic E-state index is 0.176. The molecule has 1 aliphatic carbocycles. The SMILES string of the molecule is CC(C)CC1(C(=O)O)CCCCC1(CC(C)C)C(=O)O. The molecule has 0 spiro atoms. The molecule has 2 unspecified atom stereocenters. The fraction of sp³-hybridized carbons (Fsp3) is 0.875. The molecule has 0 aromatic carbocycles. The van der Waals surface area contributed by atoms with Gasteiger partial charge < -0.3 is 10.2 Å². The van der Waals surface area contributed by atoms with Crippen LogP contribution in [0, 0.1) is 22.7 Å². The second-order valence-corrected chi connectivity index (χ2v) is 7.18. The first-order chi connectivity index (χ1) is 9.18. The van der Waals surface area contributed by atoms with Gasteiger partial charge in [0.1, 0.15) is 0 Å². The maximum atomic E-state index is 12.1. The number of hydrogen-bond acceptors (Lipinski definition) is 2. The minimum Gasteiger partial charge on any atom is -0.481 e. The van der Waals surface area contributed by atoms with Crippen molar-refractivity contribution in [1.29, 1.82) is 0 Å². The van der Waals surface area contributed by atoms with E-state index in [4.69, 9.17) is 0 Å². The van der Waals surface area contributed by atoms with Crippen LogP contribution in [0.1, 0.15) is 66.2 Å². The molecular formula is C16H28O4. The molecular weight excluding hydrogens is 256 g/mol. The van der Waals surface area contributed by atoms with E-state index in [2.05, 4.69) is 0 Å². The van der Waals surface area contributed by atoms with Crippen LogP contribution in [0.3, 0.4) is 0 Å². The van der Waals surface area contributed by atoms with Crippen LogP contribution in [0.4, 0.5) is 0 Å². The molecule has 0 radical (unpaired) electrons.